The molecule has 5 aromatic carbocycles. The van der Waals surface area contributed by atoms with Crippen LogP contribution in [0.25, 0.3) is 11.1 Å². The zero-order valence-electron chi connectivity index (χ0n) is 17.8. The lowest BCUT2D eigenvalue weighted by Gasteiger charge is -2.42. The van der Waals surface area contributed by atoms with Crippen molar-refractivity contribution in [3.63, 3.8) is 0 Å². The summed E-state index contributed by atoms with van der Waals surface area (Å²) in [6, 6.07) is 49.7. The number of para-hydroxylation sites is 1. The summed E-state index contributed by atoms with van der Waals surface area (Å²) in [4.78, 5) is 5.24. The van der Waals surface area contributed by atoms with E-state index in [1.165, 1.54) is 19.6 Å². The van der Waals surface area contributed by atoms with E-state index in [1.807, 2.05) is 18.2 Å². The molecule has 0 spiro atoms. The highest BCUT2D eigenvalue weighted by Gasteiger charge is 2.33. The topological polar surface area (TPSA) is 26.0 Å². The molecule has 0 unspecified atom stereocenters. The summed E-state index contributed by atoms with van der Waals surface area (Å²) < 4.78 is 0. The first-order chi connectivity index (χ1) is 15.8. The minimum atomic E-state index is -1.70. The Morgan fingerprint density at radius 3 is 1.34 bits per heavy atom. The normalized spacial score (nSPS) is 11.8. The van der Waals surface area contributed by atoms with Crippen LogP contribution in [0.15, 0.2) is 159 Å². The van der Waals surface area contributed by atoms with Crippen molar-refractivity contribution < 1.29 is 0 Å². The average Bonchev–Trinajstić information content (AvgIpc) is 2.87. The van der Waals surface area contributed by atoms with Gasteiger partial charge in [0.1, 0.15) is 0 Å². The molecule has 0 atom stereocenters. The SMILES string of the molecule is Nc1ccccc1-c1cccc(S(c2ccccc2)(c2ccccc2)c2ccccc2)c1. The van der Waals surface area contributed by atoms with Gasteiger partial charge in [0.25, 0.3) is 0 Å². The second kappa shape index (κ2) is 8.78. The Bertz CT molecular complexity index is 1220. The minimum absolute atomic E-state index is 0.796. The van der Waals surface area contributed by atoms with Crippen molar-refractivity contribution in [2.45, 2.75) is 19.6 Å². The average molecular weight is 432 g/mol. The molecular weight excluding hydrogens is 406 g/mol. The zero-order chi connectivity index (χ0) is 21.8. The molecule has 156 valence electrons. The minimum Gasteiger partial charge on any atom is -0.398 e. The van der Waals surface area contributed by atoms with Crippen molar-refractivity contribution >= 4 is 15.7 Å². The van der Waals surface area contributed by atoms with Gasteiger partial charge in [0, 0.05) is 30.8 Å². The van der Waals surface area contributed by atoms with Crippen molar-refractivity contribution in [3.05, 3.63) is 140 Å². The molecule has 0 bridgehead atoms. The predicted octanol–water partition coefficient (Wildman–Crippen LogP) is 8.28. The van der Waals surface area contributed by atoms with Gasteiger partial charge in [-0.05, 0) is 60.2 Å². The van der Waals surface area contributed by atoms with Gasteiger partial charge in [0.2, 0.25) is 0 Å². The van der Waals surface area contributed by atoms with Crippen LogP contribution < -0.4 is 5.73 Å². The van der Waals surface area contributed by atoms with E-state index >= 15 is 0 Å². The fraction of sp³-hybridized carbons (Fsp3) is 0. The fourth-order valence-electron chi connectivity index (χ4n) is 4.30. The lowest BCUT2D eigenvalue weighted by molar-refractivity contribution is 1.24. The molecule has 32 heavy (non-hydrogen) atoms. The van der Waals surface area contributed by atoms with Crippen LogP contribution in [0, 0.1) is 0 Å². The quantitative estimate of drug-likeness (QED) is 0.278. The largest absolute Gasteiger partial charge is 0.398 e. The molecule has 0 amide bonds. The first kappa shape index (κ1) is 20.2. The molecular formula is C30H25NS. The van der Waals surface area contributed by atoms with Crippen molar-refractivity contribution in [2.24, 2.45) is 0 Å². The molecule has 0 heterocycles. The third kappa shape index (κ3) is 3.49. The van der Waals surface area contributed by atoms with Crippen molar-refractivity contribution in [3.8, 4) is 11.1 Å². The monoisotopic (exact) mass is 431 g/mol. The summed E-state index contributed by atoms with van der Waals surface area (Å²) in [5.41, 5.74) is 9.35. The van der Waals surface area contributed by atoms with Crippen LogP contribution >= 0.6 is 10.0 Å². The number of benzene rings is 5. The molecule has 0 fully saturated rings. The van der Waals surface area contributed by atoms with E-state index in [4.69, 9.17) is 5.73 Å². The molecule has 0 radical (unpaired) electrons. The van der Waals surface area contributed by atoms with Crippen molar-refractivity contribution in [1.29, 1.82) is 0 Å². The van der Waals surface area contributed by atoms with Gasteiger partial charge in [-0.2, -0.15) is 0 Å². The second-order valence-electron chi connectivity index (χ2n) is 7.67. The Morgan fingerprint density at radius 1 is 0.406 bits per heavy atom. The van der Waals surface area contributed by atoms with Gasteiger partial charge in [-0.1, -0.05) is 84.9 Å². The number of anilines is 1. The molecule has 0 saturated heterocycles. The van der Waals surface area contributed by atoms with Gasteiger partial charge in [0.05, 0.1) is 0 Å². The first-order valence-electron chi connectivity index (χ1n) is 10.7. The summed E-state index contributed by atoms with van der Waals surface area (Å²) in [5.74, 6) is 0. The van der Waals surface area contributed by atoms with Gasteiger partial charge in [-0.25, -0.2) is 0 Å². The van der Waals surface area contributed by atoms with Gasteiger partial charge in [0.15, 0.2) is 0 Å². The van der Waals surface area contributed by atoms with E-state index in [0.29, 0.717) is 0 Å². The van der Waals surface area contributed by atoms with E-state index < -0.39 is 10.0 Å². The first-order valence-corrected chi connectivity index (χ1v) is 12.4. The fourth-order valence-corrected chi connectivity index (χ4v) is 8.22. The molecule has 5 aromatic rings. The molecule has 0 aliphatic heterocycles. The maximum atomic E-state index is 6.35. The third-order valence-corrected chi connectivity index (χ3v) is 9.65. The molecule has 1 nitrogen and oxygen atoms in total. The lowest BCUT2D eigenvalue weighted by Crippen LogP contribution is -2.05. The molecule has 0 aliphatic rings. The van der Waals surface area contributed by atoms with E-state index in [9.17, 15) is 0 Å². The van der Waals surface area contributed by atoms with Crippen LogP contribution in [-0.2, 0) is 0 Å². The van der Waals surface area contributed by atoms with Crippen LogP contribution in [0.1, 0.15) is 0 Å². The van der Waals surface area contributed by atoms with Gasteiger partial charge in [-0.3, -0.25) is 0 Å². The van der Waals surface area contributed by atoms with Crippen LogP contribution in [0.5, 0.6) is 0 Å². The molecule has 5 rings (SSSR count). The Kier molecular flexibility index (Phi) is 5.53. The number of rotatable bonds is 5. The van der Waals surface area contributed by atoms with Crippen LogP contribution in [-0.4, -0.2) is 0 Å². The summed E-state index contributed by atoms with van der Waals surface area (Å²) in [6.45, 7) is 0. The Morgan fingerprint density at radius 2 is 0.844 bits per heavy atom. The summed E-state index contributed by atoms with van der Waals surface area (Å²) in [7, 11) is -1.70. The van der Waals surface area contributed by atoms with Crippen molar-refractivity contribution in [1.82, 2.24) is 0 Å². The molecule has 0 aromatic heterocycles. The number of nitrogens with two attached hydrogens (primary N) is 1. The molecule has 2 N–H and O–H groups in total. The zero-order valence-corrected chi connectivity index (χ0v) is 18.6. The predicted molar refractivity (Wildman–Crippen MR) is 136 cm³/mol. The highest BCUT2D eigenvalue weighted by Crippen LogP contribution is 2.73. The number of nitrogen functional groups attached to an aromatic ring is 1. The summed E-state index contributed by atoms with van der Waals surface area (Å²) >= 11 is 0. The van der Waals surface area contributed by atoms with Gasteiger partial charge < -0.3 is 5.73 Å². The van der Waals surface area contributed by atoms with Crippen molar-refractivity contribution in [2.75, 3.05) is 5.73 Å². The third-order valence-electron chi connectivity index (χ3n) is 5.75. The Hall–Kier alpha value is -3.75. The maximum absolute atomic E-state index is 6.35. The Balaban J connectivity index is 1.86. The molecule has 0 saturated carbocycles. The second-order valence-corrected chi connectivity index (χ2v) is 10.8. The van der Waals surface area contributed by atoms with E-state index in [1.54, 1.807) is 0 Å². The van der Waals surface area contributed by atoms with Crippen LogP contribution in [0.4, 0.5) is 5.69 Å². The highest BCUT2D eigenvalue weighted by atomic mass is 32.3. The Labute approximate surface area is 191 Å². The number of hydrogen-bond acceptors (Lipinski definition) is 1. The smallest absolute Gasteiger partial charge is 0.0393 e. The van der Waals surface area contributed by atoms with Gasteiger partial charge >= 0.3 is 0 Å². The van der Waals surface area contributed by atoms with Crippen LogP contribution in [0.2, 0.25) is 0 Å². The van der Waals surface area contributed by atoms with Crippen LogP contribution in [0.3, 0.4) is 0 Å². The number of hydrogen-bond donors (Lipinski definition) is 1. The summed E-state index contributed by atoms with van der Waals surface area (Å²) in [6.07, 6.45) is 0. The highest BCUT2D eigenvalue weighted by molar-refractivity contribution is 8.34. The standard InChI is InChI=1S/C30H25NS/c31-30-22-11-10-21-29(30)24-13-12-20-28(23-24)32(25-14-4-1-5-15-25,26-16-6-2-7-17-26)27-18-8-3-9-19-27/h1-23H,31H2. The summed E-state index contributed by atoms with van der Waals surface area (Å²) in [5, 5.41) is 0. The van der Waals surface area contributed by atoms with E-state index in [2.05, 4.69) is 121 Å². The van der Waals surface area contributed by atoms with Gasteiger partial charge in [-0.15, -0.1) is 10.0 Å². The van der Waals surface area contributed by atoms with E-state index in [-0.39, 0.29) is 0 Å². The molecule has 2 heteroatoms. The molecule has 0 aliphatic carbocycles. The van der Waals surface area contributed by atoms with E-state index in [0.717, 1.165) is 16.8 Å². The lowest BCUT2D eigenvalue weighted by atomic mass is 10.0. The maximum Gasteiger partial charge on any atom is 0.0393 e.